The molecule has 0 atom stereocenters. The van der Waals surface area contributed by atoms with Gasteiger partial charge < -0.3 is 19.9 Å². The van der Waals surface area contributed by atoms with Gasteiger partial charge in [-0.3, -0.25) is 4.79 Å². The van der Waals surface area contributed by atoms with Gasteiger partial charge in [0.25, 0.3) is 5.91 Å². The van der Waals surface area contributed by atoms with Gasteiger partial charge in [-0.15, -0.1) is 0 Å². The molecule has 6 nitrogen and oxygen atoms in total. The number of para-hydroxylation sites is 1. The predicted octanol–water partition coefficient (Wildman–Crippen LogP) is 3.71. The quantitative estimate of drug-likeness (QED) is 0.637. The van der Waals surface area contributed by atoms with Gasteiger partial charge in [-0.1, -0.05) is 18.2 Å². The monoisotopic (exact) mass is 325 g/mol. The molecule has 0 fully saturated rings. The van der Waals surface area contributed by atoms with Crippen molar-refractivity contribution < 1.29 is 24.2 Å². The third-order valence-electron chi connectivity index (χ3n) is 3.85. The van der Waals surface area contributed by atoms with Gasteiger partial charge in [0.05, 0.1) is 11.3 Å². The highest BCUT2D eigenvalue weighted by Gasteiger charge is 2.21. The first-order chi connectivity index (χ1) is 11.4. The number of hydrogen-bond acceptors (Lipinski definition) is 4. The number of benzene rings is 2. The highest BCUT2D eigenvalue weighted by atomic mass is 16.4. The first kappa shape index (κ1) is 15.6. The lowest BCUT2D eigenvalue weighted by molar-refractivity contribution is 0.0697. The number of aryl methyl sites for hydroxylation is 2. The zero-order valence-corrected chi connectivity index (χ0v) is 13.1. The number of nitrogens with one attached hydrogen (secondary N) is 1. The van der Waals surface area contributed by atoms with Crippen molar-refractivity contribution in [2.45, 2.75) is 13.8 Å². The normalized spacial score (nSPS) is 10.8. The van der Waals surface area contributed by atoms with Crippen LogP contribution in [-0.2, 0) is 0 Å². The average molecular weight is 325 g/mol. The minimum atomic E-state index is -1.25. The molecule has 0 saturated carbocycles. The number of carbonyl (C=O) groups is 2. The van der Waals surface area contributed by atoms with Gasteiger partial charge >= 0.3 is 5.97 Å². The van der Waals surface area contributed by atoms with Crippen molar-refractivity contribution in [3.63, 3.8) is 0 Å². The second-order valence-corrected chi connectivity index (χ2v) is 5.50. The van der Waals surface area contributed by atoms with Crippen LogP contribution in [0.1, 0.15) is 32.0 Å². The van der Waals surface area contributed by atoms with E-state index in [0.29, 0.717) is 11.1 Å². The Balaban J connectivity index is 2.01. The summed E-state index contributed by atoms with van der Waals surface area (Å²) in [4.78, 5) is 23.8. The fourth-order valence-electron chi connectivity index (χ4n) is 2.60. The first-order valence-electron chi connectivity index (χ1n) is 7.25. The van der Waals surface area contributed by atoms with E-state index < -0.39 is 11.9 Å². The molecule has 0 bridgehead atoms. The molecule has 1 amide bonds. The van der Waals surface area contributed by atoms with Crippen molar-refractivity contribution in [1.29, 1.82) is 0 Å². The van der Waals surface area contributed by atoms with Gasteiger partial charge in [-0.05, 0) is 37.6 Å². The molecule has 3 N–H and O–H groups in total. The number of carbonyl (C=O) groups excluding carboxylic acids is 1. The van der Waals surface area contributed by atoms with Crippen molar-refractivity contribution >= 4 is 28.5 Å². The van der Waals surface area contributed by atoms with Crippen LogP contribution in [0.25, 0.3) is 11.0 Å². The van der Waals surface area contributed by atoms with Crippen molar-refractivity contribution in [3.8, 4) is 5.75 Å². The van der Waals surface area contributed by atoms with Gasteiger partial charge in [-0.25, -0.2) is 4.79 Å². The van der Waals surface area contributed by atoms with Crippen molar-refractivity contribution in [2.24, 2.45) is 0 Å². The van der Waals surface area contributed by atoms with Crippen LogP contribution < -0.4 is 5.32 Å². The van der Waals surface area contributed by atoms with Crippen LogP contribution in [0.15, 0.2) is 40.8 Å². The standard InChI is InChI=1S/C18H15NO5/c1-9-4-3-5-12-10(2)16(24-15(9)12)17(21)19-14-7-6-11(20)8-13(14)18(22)23/h3-8,20H,1-2H3,(H,19,21)(H,22,23). The van der Waals surface area contributed by atoms with Crippen LogP contribution >= 0.6 is 0 Å². The lowest BCUT2D eigenvalue weighted by Crippen LogP contribution is -2.15. The molecular weight excluding hydrogens is 310 g/mol. The van der Waals surface area contributed by atoms with Gasteiger partial charge in [0, 0.05) is 10.9 Å². The van der Waals surface area contributed by atoms with Gasteiger partial charge in [-0.2, -0.15) is 0 Å². The van der Waals surface area contributed by atoms with Crippen LogP contribution in [0, 0.1) is 13.8 Å². The van der Waals surface area contributed by atoms with Crippen molar-refractivity contribution in [3.05, 3.63) is 58.8 Å². The van der Waals surface area contributed by atoms with Crippen molar-refractivity contribution in [1.82, 2.24) is 0 Å². The zero-order valence-electron chi connectivity index (χ0n) is 13.1. The SMILES string of the molecule is Cc1c(C(=O)Nc2ccc(O)cc2C(=O)O)oc2c(C)cccc12. The smallest absolute Gasteiger partial charge is 0.337 e. The predicted molar refractivity (Wildman–Crippen MR) is 88.7 cm³/mol. The summed E-state index contributed by atoms with van der Waals surface area (Å²) in [6.45, 7) is 3.66. The van der Waals surface area contributed by atoms with Crippen LogP contribution in [0.5, 0.6) is 5.75 Å². The molecule has 0 aliphatic heterocycles. The Morgan fingerprint density at radius 1 is 1.12 bits per heavy atom. The molecule has 0 aliphatic carbocycles. The summed E-state index contributed by atoms with van der Waals surface area (Å²) >= 11 is 0. The Bertz CT molecular complexity index is 971. The molecule has 3 rings (SSSR count). The molecule has 0 spiro atoms. The van der Waals surface area contributed by atoms with E-state index in [9.17, 15) is 19.8 Å². The molecule has 3 aromatic rings. The number of aromatic carboxylic acids is 1. The third-order valence-corrected chi connectivity index (χ3v) is 3.85. The number of hydrogen-bond donors (Lipinski definition) is 3. The molecular formula is C18H15NO5. The molecule has 122 valence electrons. The molecule has 24 heavy (non-hydrogen) atoms. The number of amides is 1. The first-order valence-corrected chi connectivity index (χ1v) is 7.25. The molecule has 1 aromatic heterocycles. The highest BCUT2D eigenvalue weighted by molar-refractivity contribution is 6.09. The zero-order chi connectivity index (χ0) is 17.4. The Kier molecular flexibility index (Phi) is 3.73. The Labute approximate surface area is 137 Å². The van der Waals surface area contributed by atoms with E-state index >= 15 is 0 Å². The van der Waals surface area contributed by atoms with E-state index in [1.54, 1.807) is 6.92 Å². The second-order valence-electron chi connectivity index (χ2n) is 5.50. The minimum Gasteiger partial charge on any atom is -0.508 e. The molecule has 0 unspecified atom stereocenters. The average Bonchev–Trinajstić information content (AvgIpc) is 2.88. The fraction of sp³-hybridized carbons (Fsp3) is 0.111. The summed E-state index contributed by atoms with van der Waals surface area (Å²) in [5.41, 5.74) is 2.10. The third kappa shape index (κ3) is 2.58. The molecule has 6 heteroatoms. The molecule has 0 radical (unpaired) electrons. The number of carboxylic acids is 1. The molecule has 2 aromatic carbocycles. The Morgan fingerprint density at radius 3 is 2.54 bits per heavy atom. The number of phenols is 1. The molecule has 1 heterocycles. The lowest BCUT2D eigenvalue weighted by Gasteiger charge is -2.08. The number of rotatable bonds is 3. The summed E-state index contributed by atoms with van der Waals surface area (Å²) < 4.78 is 5.68. The summed E-state index contributed by atoms with van der Waals surface area (Å²) in [6.07, 6.45) is 0. The number of furan rings is 1. The minimum absolute atomic E-state index is 0.0851. The number of phenolic OH excluding ortho intramolecular Hbond substituents is 1. The number of fused-ring (bicyclic) bond motifs is 1. The van der Waals surface area contributed by atoms with Gasteiger partial charge in [0.2, 0.25) is 0 Å². The van der Waals surface area contributed by atoms with Crippen molar-refractivity contribution in [2.75, 3.05) is 5.32 Å². The summed E-state index contributed by atoms with van der Waals surface area (Å²) in [6, 6.07) is 9.34. The Hall–Kier alpha value is -3.28. The maximum atomic E-state index is 12.5. The summed E-state index contributed by atoms with van der Waals surface area (Å²) in [5.74, 6) is -1.86. The van der Waals surface area contributed by atoms with E-state index in [1.165, 1.54) is 12.1 Å². The van der Waals surface area contributed by atoms with E-state index in [0.717, 1.165) is 17.0 Å². The van der Waals surface area contributed by atoms with Gasteiger partial charge in [0.1, 0.15) is 11.3 Å². The van der Waals surface area contributed by atoms with E-state index in [-0.39, 0.29) is 22.8 Å². The molecule has 0 saturated heterocycles. The maximum Gasteiger partial charge on any atom is 0.337 e. The van der Waals surface area contributed by atoms with E-state index in [4.69, 9.17) is 4.42 Å². The summed E-state index contributed by atoms with van der Waals surface area (Å²) in [7, 11) is 0. The Morgan fingerprint density at radius 2 is 1.88 bits per heavy atom. The number of carboxylic acid groups (broad SMARTS) is 1. The summed E-state index contributed by atoms with van der Waals surface area (Å²) in [5, 5.41) is 22.0. The fourth-order valence-corrected chi connectivity index (χ4v) is 2.60. The molecule has 0 aliphatic rings. The maximum absolute atomic E-state index is 12.5. The van der Waals surface area contributed by atoms with Gasteiger partial charge in [0.15, 0.2) is 5.76 Å². The topological polar surface area (TPSA) is 99.8 Å². The second kappa shape index (κ2) is 5.73. The largest absolute Gasteiger partial charge is 0.508 e. The highest BCUT2D eigenvalue weighted by Crippen LogP contribution is 2.29. The number of aromatic hydroxyl groups is 1. The number of anilines is 1. The van der Waals surface area contributed by atoms with Crippen LogP contribution in [0.2, 0.25) is 0 Å². The lowest BCUT2D eigenvalue weighted by atomic mass is 10.1. The van der Waals surface area contributed by atoms with Crippen LogP contribution in [0.3, 0.4) is 0 Å². The van der Waals surface area contributed by atoms with E-state index in [2.05, 4.69) is 5.32 Å². The van der Waals surface area contributed by atoms with E-state index in [1.807, 2.05) is 25.1 Å². The van der Waals surface area contributed by atoms with Crippen LogP contribution in [-0.4, -0.2) is 22.1 Å². The van der Waals surface area contributed by atoms with Crippen LogP contribution in [0.4, 0.5) is 5.69 Å².